The fourth-order valence-corrected chi connectivity index (χ4v) is 2.55. The molecule has 0 aliphatic carbocycles. The third-order valence-electron chi connectivity index (χ3n) is 3.66. The first kappa shape index (κ1) is 11.6. The molecule has 0 bridgehead atoms. The molecule has 0 amide bonds. The van der Waals surface area contributed by atoms with E-state index in [4.69, 9.17) is 0 Å². The van der Waals surface area contributed by atoms with E-state index in [1.54, 1.807) is 0 Å². The van der Waals surface area contributed by atoms with Crippen molar-refractivity contribution >= 4 is 0 Å². The first-order valence-electron chi connectivity index (χ1n) is 6.03. The molecule has 1 saturated heterocycles. The topological polar surface area (TPSA) is 23.5 Å². The van der Waals surface area contributed by atoms with Gasteiger partial charge in [0.2, 0.25) is 0 Å². The Morgan fingerprint density at radius 2 is 1.94 bits per heavy atom. The van der Waals surface area contributed by atoms with Crippen LogP contribution in [0.1, 0.15) is 38.8 Å². The van der Waals surface area contributed by atoms with Crippen LogP contribution in [0, 0.1) is 0 Å². The van der Waals surface area contributed by atoms with Crippen molar-refractivity contribution in [3.63, 3.8) is 0 Å². The van der Waals surface area contributed by atoms with Crippen LogP contribution in [0.3, 0.4) is 0 Å². The van der Waals surface area contributed by atoms with E-state index in [1.807, 2.05) is 19.9 Å². The SMILES string of the molecule is C[C@@H](c1ccccc1)N1CC[C@H]1C(C)(C)O. The smallest absolute Gasteiger partial charge is 0.0746 e. The van der Waals surface area contributed by atoms with Gasteiger partial charge >= 0.3 is 0 Å². The van der Waals surface area contributed by atoms with Crippen molar-refractivity contribution < 1.29 is 5.11 Å². The predicted molar refractivity (Wildman–Crippen MR) is 66.3 cm³/mol. The van der Waals surface area contributed by atoms with Crippen molar-refractivity contribution in [1.82, 2.24) is 4.90 Å². The van der Waals surface area contributed by atoms with Crippen molar-refractivity contribution in [3.05, 3.63) is 35.9 Å². The van der Waals surface area contributed by atoms with E-state index in [0.717, 1.165) is 13.0 Å². The zero-order chi connectivity index (χ0) is 11.8. The van der Waals surface area contributed by atoms with Gasteiger partial charge in [-0.05, 0) is 32.8 Å². The van der Waals surface area contributed by atoms with Gasteiger partial charge in [-0.25, -0.2) is 0 Å². The summed E-state index contributed by atoms with van der Waals surface area (Å²) in [6, 6.07) is 11.2. The highest BCUT2D eigenvalue weighted by Gasteiger charge is 2.41. The van der Waals surface area contributed by atoms with E-state index in [0.29, 0.717) is 12.1 Å². The second-order valence-corrected chi connectivity index (χ2v) is 5.28. The lowest BCUT2D eigenvalue weighted by atomic mass is 9.85. The summed E-state index contributed by atoms with van der Waals surface area (Å²) in [7, 11) is 0. The predicted octanol–water partition coefficient (Wildman–Crippen LogP) is 2.59. The molecular weight excluding hydrogens is 198 g/mol. The fraction of sp³-hybridized carbons (Fsp3) is 0.571. The molecule has 16 heavy (non-hydrogen) atoms. The minimum atomic E-state index is -0.596. The molecule has 0 radical (unpaired) electrons. The monoisotopic (exact) mass is 219 g/mol. The molecule has 0 aromatic heterocycles. The molecule has 1 N–H and O–H groups in total. The third kappa shape index (κ3) is 2.13. The summed E-state index contributed by atoms with van der Waals surface area (Å²) in [5.41, 5.74) is 0.734. The Hall–Kier alpha value is -0.860. The largest absolute Gasteiger partial charge is 0.389 e. The zero-order valence-corrected chi connectivity index (χ0v) is 10.4. The average molecular weight is 219 g/mol. The van der Waals surface area contributed by atoms with Crippen LogP contribution >= 0.6 is 0 Å². The van der Waals surface area contributed by atoms with Gasteiger partial charge in [-0.15, -0.1) is 0 Å². The Bertz CT molecular complexity index is 342. The van der Waals surface area contributed by atoms with Gasteiger partial charge in [0.1, 0.15) is 0 Å². The number of hydrogen-bond donors (Lipinski definition) is 1. The Morgan fingerprint density at radius 1 is 1.31 bits per heavy atom. The van der Waals surface area contributed by atoms with Gasteiger partial charge in [-0.2, -0.15) is 0 Å². The highest BCUT2D eigenvalue weighted by molar-refractivity contribution is 5.19. The van der Waals surface area contributed by atoms with Crippen LogP contribution < -0.4 is 0 Å². The second kappa shape index (κ2) is 4.19. The van der Waals surface area contributed by atoms with E-state index >= 15 is 0 Å². The molecule has 1 fully saturated rings. The summed E-state index contributed by atoms with van der Waals surface area (Å²) in [6.45, 7) is 7.11. The van der Waals surface area contributed by atoms with Crippen LogP contribution in [0.2, 0.25) is 0 Å². The number of likely N-dealkylation sites (tertiary alicyclic amines) is 1. The second-order valence-electron chi connectivity index (χ2n) is 5.28. The Labute approximate surface area is 97.9 Å². The molecule has 2 nitrogen and oxygen atoms in total. The van der Waals surface area contributed by atoms with Gasteiger partial charge in [-0.3, -0.25) is 4.90 Å². The van der Waals surface area contributed by atoms with Crippen LogP contribution in [-0.4, -0.2) is 28.2 Å². The first-order valence-corrected chi connectivity index (χ1v) is 6.03. The molecule has 0 unspecified atom stereocenters. The summed E-state index contributed by atoms with van der Waals surface area (Å²) < 4.78 is 0. The summed E-state index contributed by atoms with van der Waals surface area (Å²) >= 11 is 0. The van der Waals surface area contributed by atoms with Crippen molar-refractivity contribution in [3.8, 4) is 0 Å². The molecular formula is C14H21NO. The minimum absolute atomic E-state index is 0.294. The Morgan fingerprint density at radius 3 is 2.38 bits per heavy atom. The van der Waals surface area contributed by atoms with Crippen LogP contribution in [0.15, 0.2) is 30.3 Å². The van der Waals surface area contributed by atoms with E-state index in [9.17, 15) is 5.11 Å². The standard InChI is InChI=1S/C14H21NO/c1-11(12-7-5-4-6-8-12)15-10-9-13(15)14(2,3)16/h4-8,11,13,16H,9-10H2,1-3H3/t11-,13-/m0/s1. The lowest BCUT2D eigenvalue weighted by Crippen LogP contribution is -2.59. The van der Waals surface area contributed by atoms with Crippen molar-refractivity contribution in [1.29, 1.82) is 0 Å². The molecule has 1 aromatic carbocycles. The number of nitrogens with zero attached hydrogens (tertiary/aromatic N) is 1. The molecule has 2 rings (SSSR count). The van der Waals surface area contributed by atoms with Gasteiger partial charge in [-0.1, -0.05) is 30.3 Å². The first-order chi connectivity index (χ1) is 7.50. The quantitative estimate of drug-likeness (QED) is 0.844. The van der Waals surface area contributed by atoms with E-state index in [1.165, 1.54) is 5.56 Å². The Balaban J connectivity index is 2.09. The van der Waals surface area contributed by atoms with Crippen LogP contribution in [-0.2, 0) is 0 Å². The van der Waals surface area contributed by atoms with Crippen LogP contribution in [0.5, 0.6) is 0 Å². The van der Waals surface area contributed by atoms with Crippen LogP contribution in [0.4, 0.5) is 0 Å². The normalized spacial score (nSPS) is 23.9. The summed E-state index contributed by atoms with van der Waals surface area (Å²) in [4.78, 5) is 2.38. The van der Waals surface area contributed by atoms with Gasteiger partial charge in [0.05, 0.1) is 5.60 Å². The summed E-state index contributed by atoms with van der Waals surface area (Å²) in [5, 5.41) is 10.1. The molecule has 1 heterocycles. The zero-order valence-electron chi connectivity index (χ0n) is 10.4. The molecule has 2 heteroatoms. The van der Waals surface area contributed by atoms with Crippen molar-refractivity contribution in [2.45, 2.75) is 44.9 Å². The van der Waals surface area contributed by atoms with Crippen molar-refractivity contribution in [2.24, 2.45) is 0 Å². The van der Waals surface area contributed by atoms with Gasteiger partial charge in [0, 0.05) is 18.6 Å². The lowest BCUT2D eigenvalue weighted by Gasteiger charge is -2.50. The molecule has 1 aliphatic rings. The van der Waals surface area contributed by atoms with Crippen molar-refractivity contribution in [2.75, 3.05) is 6.54 Å². The van der Waals surface area contributed by atoms with E-state index < -0.39 is 5.60 Å². The third-order valence-corrected chi connectivity index (χ3v) is 3.66. The minimum Gasteiger partial charge on any atom is -0.389 e. The van der Waals surface area contributed by atoms with Gasteiger partial charge in [0.25, 0.3) is 0 Å². The van der Waals surface area contributed by atoms with Gasteiger partial charge < -0.3 is 5.11 Å². The summed E-state index contributed by atoms with van der Waals surface area (Å²) in [5.74, 6) is 0. The number of aliphatic hydroxyl groups is 1. The maximum absolute atomic E-state index is 10.1. The molecule has 0 spiro atoms. The fourth-order valence-electron chi connectivity index (χ4n) is 2.55. The number of rotatable bonds is 3. The van der Waals surface area contributed by atoms with E-state index in [-0.39, 0.29) is 0 Å². The highest BCUT2D eigenvalue weighted by Crippen LogP contribution is 2.35. The molecule has 1 aromatic rings. The lowest BCUT2D eigenvalue weighted by molar-refractivity contribution is -0.0871. The maximum Gasteiger partial charge on any atom is 0.0746 e. The number of benzene rings is 1. The van der Waals surface area contributed by atoms with Crippen LogP contribution in [0.25, 0.3) is 0 Å². The Kier molecular flexibility index (Phi) is 3.04. The van der Waals surface area contributed by atoms with E-state index in [2.05, 4.69) is 36.1 Å². The molecule has 2 atom stereocenters. The molecule has 1 aliphatic heterocycles. The number of hydrogen-bond acceptors (Lipinski definition) is 2. The maximum atomic E-state index is 10.1. The molecule has 88 valence electrons. The average Bonchev–Trinajstić information content (AvgIpc) is 2.14. The summed E-state index contributed by atoms with van der Waals surface area (Å²) in [6.07, 6.45) is 1.10. The highest BCUT2D eigenvalue weighted by atomic mass is 16.3. The van der Waals surface area contributed by atoms with Gasteiger partial charge in [0.15, 0.2) is 0 Å². The molecule has 0 saturated carbocycles.